The molecule has 1 aromatic heterocycles. The molecular formula is C22H20N2O3S. The van der Waals surface area contributed by atoms with E-state index in [9.17, 15) is 4.79 Å². The Labute approximate surface area is 167 Å². The highest BCUT2D eigenvalue weighted by Crippen LogP contribution is 2.33. The summed E-state index contributed by atoms with van der Waals surface area (Å²) < 4.78 is 10.9. The number of methoxy groups -OCH3 is 1. The maximum atomic E-state index is 12.3. The Hall–Kier alpha value is -3.12. The molecule has 1 aliphatic rings. The number of anilines is 1. The van der Waals surface area contributed by atoms with E-state index in [1.54, 1.807) is 13.2 Å². The summed E-state index contributed by atoms with van der Waals surface area (Å²) in [6, 6.07) is 11.9. The summed E-state index contributed by atoms with van der Waals surface area (Å²) in [7, 11) is 1.64. The van der Waals surface area contributed by atoms with E-state index in [4.69, 9.17) is 9.47 Å². The molecule has 3 aromatic rings. The minimum Gasteiger partial charge on any atom is -0.496 e. The highest BCUT2D eigenvalue weighted by Gasteiger charge is 2.12. The third kappa shape index (κ3) is 3.92. The second-order valence-electron chi connectivity index (χ2n) is 6.53. The van der Waals surface area contributed by atoms with Crippen molar-refractivity contribution in [3.63, 3.8) is 0 Å². The lowest BCUT2D eigenvalue weighted by Crippen LogP contribution is -2.07. The minimum absolute atomic E-state index is 0.214. The number of amides is 1. The van der Waals surface area contributed by atoms with E-state index >= 15 is 0 Å². The number of fused-ring (bicyclic) bond motifs is 1. The molecule has 4 rings (SSSR count). The molecule has 0 saturated heterocycles. The fourth-order valence-electron chi connectivity index (χ4n) is 3.11. The Morgan fingerprint density at radius 3 is 3.04 bits per heavy atom. The van der Waals surface area contributed by atoms with E-state index in [-0.39, 0.29) is 5.91 Å². The van der Waals surface area contributed by atoms with Gasteiger partial charge in [-0.25, -0.2) is 4.98 Å². The van der Waals surface area contributed by atoms with Crippen LogP contribution in [-0.2, 0) is 11.2 Å². The van der Waals surface area contributed by atoms with E-state index in [1.165, 1.54) is 23.0 Å². The average molecular weight is 392 g/mol. The van der Waals surface area contributed by atoms with Gasteiger partial charge in [0, 0.05) is 23.4 Å². The number of carbonyl (C=O) groups excluding carboxylic acids is 1. The summed E-state index contributed by atoms with van der Waals surface area (Å²) in [5.74, 6) is 1.48. The van der Waals surface area contributed by atoms with Gasteiger partial charge in [-0.3, -0.25) is 10.1 Å². The molecule has 0 radical (unpaired) electrons. The van der Waals surface area contributed by atoms with Crippen LogP contribution in [0.15, 0.2) is 47.9 Å². The Balaban J connectivity index is 1.45. The lowest BCUT2D eigenvalue weighted by molar-refractivity contribution is -0.111. The molecular weight excluding hydrogens is 372 g/mol. The fourth-order valence-corrected chi connectivity index (χ4v) is 3.82. The van der Waals surface area contributed by atoms with Crippen LogP contribution in [0, 0.1) is 6.92 Å². The number of hydrogen-bond acceptors (Lipinski definition) is 5. The van der Waals surface area contributed by atoms with Crippen molar-refractivity contribution in [3.8, 4) is 22.8 Å². The topological polar surface area (TPSA) is 60.5 Å². The number of benzene rings is 2. The second kappa shape index (κ2) is 7.86. The number of thiazole rings is 1. The standard InChI is InChI=1S/C22H20N2O3S/c1-14-3-6-20(26-2)17(11-14)18-13-28-22(23-18)24-21(25)8-5-15-4-7-19-16(12-15)9-10-27-19/h3-8,11-13H,9-10H2,1-2H3,(H,23,24,25)/b8-5+. The van der Waals surface area contributed by atoms with E-state index in [0.29, 0.717) is 5.13 Å². The second-order valence-corrected chi connectivity index (χ2v) is 7.39. The van der Waals surface area contributed by atoms with Gasteiger partial charge in [-0.2, -0.15) is 0 Å². The van der Waals surface area contributed by atoms with E-state index in [2.05, 4.69) is 16.4 Å². The molecule has 0 saturated carbocycles. The number of nitrogens with zero attached hydrogens (tertiary/aromatic N) is 1. The van der Waals surface area contributed by atoms with Gasteiger partial charge in [-0.1, -0.05) is 17.7 Å². The number of ether oxygens (including phenoxy) is 2. The average Bonchev–Trinajstić information content (AvgIpc) is 3.35. The molecule has 0 spiro atoms. The van der Waals surface area contributed by atoms with Crippen LogP contribution in [0.5, 0.6) is 11.5 Å². The maximum absolute atomic E-state index is 12.3. The van der Waals surface area contributed by atoms with Gasteiger partial charge in [0.05, 0.1) is 19.4 Å². The van der Waals surface area contributed by atoms with Gasteiger partial charge in [0.25, 0.3) is 0 Å². The molecule has 6 heteroatoms. The zero-order valence-corrected chi connectivity index (χ0v) is 16.5. The number of carbonyl (C=O) groups is 1. The smallest absolute Gasteiger partial charge is 0.250 e. The number of aryl methyl sites for hydroxylation is 1. The van der Waals surface area contributed by atoms with Crippen molar-refractivity contribution in [2.75, 3.05) is 19.0 Å². The molecule has 1 aliphatic heterocycles. The van der Waals surface area contributed by atoms with Crippen molar-refractivity contribution in [2.24, 2.45) is 0 Å². The van der Waals surface area contributed by atoms with Crippen molar-refractivity contribution in [1.29, 1.82) is 0 Å². The monoisotopic (exact) mass is 392 g/mol. The molecule has 2 aromatic carbocycles. The molecule has 2 heterocycles. The number of rotatable bonds is 5. The maximum Gasteiger partial charge on any atom is 0.250 e. The van der Waals surface area contributed by atoms with Crippen LogP contribution in [0.4, 0.5) is 5.13 Å². The van der Waals surface area contributed by atoms with Crippen molar-refractivity contribution in [3.05, 3.63) is 64.5 Å². The minimum atomic E-state index is -0.214. The van der Waals surface area contributed by atoms with E-state index in [1.807, 2.05) is 42.6 Å². The number of aromatic nitrogens is 1. The van der Waals surface area contributed by atoms with Crippen molar-refractivity contribution >= 4 is 28.5 Å². The third-order valence-electron chi connectivity index (χ3n) is 4.51. The first-order chi connectivity index (χ1) is 13.6. The van der Waals surface area contributed by atoms with Crippen LogP contribution in [0.3, 0.4) is 0 Å². The SMILES string of the molecule is COc1ccc(C)cc1-c1csc(NC(=O)/C=C/c2ccc3c(c2)CCO3)n1. The first-order valence-corrected chi connectivity index (χ1v) is 9.85. The number of nitrogens with one attached hydrogen (secondary N) is 1. The molecule has 1 N–H and O–H groups in total. The van der Waals surface area contributed by atoms with Gasteiger partial charge in [0.2, 0.25) is 5.91 Å². The largest absolute Gasteiger partial charge is 0.496 e. The Morgan fingerprint density at radius 2 is 2.18 bits per heavy atom. The molecule has 1 amide bonds. The Bertz CT molecular complexity index is 1060. The van der Waals surface area contributed by atoms with Crippen LogP contribution in [0.25, 0.3) is 17.3 Å². The van der Waals surface area contributed by atoms with Gasteiger partial charge in [-0.05, 0) is 48.4 Å². The Morgan fingerprint density at radius 1 is 1.29 bits per heavy atom. The lowest BCUT2D eigenvalue weighted by atomic mass is 10.1. The summed E-state index contributed by atoms with van der Waals surface area (Å²) in [4.78, 5) is 16.8. The summed E-state index contributed by atoms with van der Waals surface area (Å²) in [6.45, 7) is 2.75. The molecule has 0 unspecified atom stereocenters. The van der Waals surface area contributed by atoms with Crippen LogP contribution in [0.2, 0.25) is 0 Å². The summed E-state index contributed by atoms with van der Waals surface area (Å²) >= 11 is 1.39. The number of hydrogen-bond donors (Lipinski definition) is 1. The zero-order chi connectivity index (χ0) is 19.5. The predicted molar refractivity (Wildman–Crippen MR) is 112 cm³/mol. The molecule has 5 nitrogen and oxygen atoms in total. The molecule has 0 fully saturated rings. The first kappa shape index (κ1) is 18.3. The van der Waals surface area contributed by atoms with Crippen molar-refractivity contribution < 1.29 is 14.3 Å². The summed E-state index contributed by atoms with van der Waals surface area (Å²) in [6.07, 6.45) is 4.23. The van der Waals surface area contributed by atoms with Crippen molar-refractivity contribution in [1.82, 2.24) is 4.98 Å². The quantitative estimate of drug-likeness (QED) is 0.639. The van der Waals surface area contributed by atoms with Gasteiger partial charge < -0.3 is 9.47 Å². The zero-order valence-electron chi connectivity index (χ0n) is 15.7. The predicted octanol–water partition coefficient (Wildman–Crippen LogP) is 4.71. The third-order valence-corrected chi connectivity index (χ3v) is 5.26. The highest BCUT2D eigenvalue weighted by molar-refractivity contribution is 7.14. The summed E-state index contributed by atoms with van der Waals surface area (Å²) in [5, 5.41) is 5.29. The fraction of sp³-hybridized carbons (Fsp3) is 0.182. The van der Waals surface area contributed by atoms with Crippen LogP contribution in [-0.4, -0.2) is 24.6 Å². The van der Waals surface area contributed by atoms with Crippen LogP contribution in [0.1, 0.15) is 16.7 Å². The molecule has 0 atom stereocenters. The Kier molecular flexibility index (Phi) is 5.12. The normalized spacial score (nSPS) is 12.6. The summed E-state index contributed by atoms with van der Waals surface area (Å²) in [5.41, 5.74) is 4.97. The first-order valence-electron chi connectivity index (χ1n) is 8.98. The van der Waals surface area contributed by atoms with Crippen molar-refractivity contribution in [2.45, 2.75) is 13.3 Å². The van der Waals surface area contributed by atoms with E-state index < -0.39 is 0 Å². The van der Waals surface area contributed by atoms with E-state index in [0.717, 1.165) is 46.9 Å². The lowest BCUT2D eigenvalue weighted by Gasteiger charge is -2.07. The van der Waals surface area contributed by atoms with Crippen LogP contribution < -0.4 is 14.8 Å². The molecule has 28 heavy (non-hydrogen) atoms. The van der Waals surface area contributed by atoms with Crippen LogP contribution >= 0.6 is 11.3 Å². The molecule has 0 aliphatic carbocycles. The molecule has 142 valence electrons. The van der Waals surface area contributed by atoms with Gasteiger partial charge in [0.1, 0.15) is 11.5 Å². The highest BCUT2D eigenvalue weighted by atomic mass is 32.1. The molecule has 0 bridgehead atoms. The van der Waals surface area contributed by atoms with Gasteiger partial charge >= 0.3 is 0 Å². The van der Waals surface area contributed by atoms with Gasteiger partial charge in [0.15, 0.2) is 5.13 Å². The van der Waals surface area contributed by atoms with Gasteiger partial charge in [-0.15, -0.1) is 11.3 Å².